The third-order valence-corrected chi connectivity index (χ3v) is 3.01. The number of nitrogen functional groups attached to an aromatic ring is 2. The quantitative estimate of drug-likeness (QED) is 0.731. The molecule has 0 aliphatic rings. The maximum atomic E-state index is 5.85. The molecule has 0 atom stereocenters. The molecular formula is C10H9ClN2S. The van der Waals surface area contributed by atoms with E-state index < -0.39 is 0 Å². The van der Waals surface area contributed by atoms with Crippen molar-refractivity contribution in [3.05, 3.63) is 34.0 Å². The fourth-order valence-electron chi connectivity index (χ4n) is 1.27. The molecule has 72 valence electrons. The van der Waals surface area contributed by atoms with Gasteiger partial charge in [0.15, 0.2) is 0 Å². The summed E-state index contributed by atoms with van der Waals surface area (Å²) in [5, 5.41) is 4.53. The molecule has 0 unspecified atom stereocenters. The summed E-state index contributed by atoms with van der Waals surface area (Å²) < 4.78 is 0. The van der Waals surface area contributed by atoms with E-state index in [2.05, 4.69) is 0 Å². The van der Waals surface area contributed by atoms with E-state index >= 15 is 0 Å². The number of anilines is 2. The summed E-state index contributed by atoms with van der Waals surface area (Å²) in [5.74, 6) is 0. The Morgan fingerprint density at radius 2 is 1.93 bits per heavy atom. The first-order valence-electron chi connectivity index (χ1n) is 4.05. The molecule has 4 N–H and O–H groups in total. The zero-order valence-corrected chi connectivity index (χ0v) is 8.90. The Balaban J connectivity index is 2.60. The van der Waals surface area contributed by atoms with Crippen LogP contribution in [0.15, 0.2) is 29.0 Å². The van der Waals surface area contributed by atoms with Crippen molar-refractivity contribution in [2.45, 2.75) is 0 Å². The molecule has 0 aliphatic carbocycles. The molecule has 0 amide bonds. The smallest absolute Gasteiger partial charge is 0.0656 e. The van der Waals surface area contributed by atoms with Crippen molar-refractivity contribution in [1.82, 2.24) is 0 Å². The summed E-state index contributed by atoms with van der Waals surface area (Å²) in [6.07, 6.45) is 0. The van der Waals surface area contributed by atoms with Crippen molar-refractivity contribution in [2.24, 2.45) is 0 Å². The summed E-state index contributed by atoms with van der Waals surface area (Å²) in [7, 11) is 0. The Hall–Kier alpha value is -1.19. The zero-order valence-electron chi connectivity index (χ0n) is 7.33. The lowest BCUT2D eigenvalue weighted by Gasteiger charge is -2.06. The van der Waals surface area contributed by atoms with Crippen LogP contribution in [0.25, 0.3) is 11.1 Å². The highest BCUT2D eigenvalue weighted by Gasteiger charge is 2.06. The Morgan fingerprint density at radius 1 is 1.14 bits per heavy atom. The lowest BCUT2D eigenvalue weighted by atomic mass is 10.1. The maximum absolute atomic E-state index is 5.85. The lowest BCUT2D eigenvalue weighted by Crippen LogP contribution is -1.93. The van der Waals surface area contributed by atoms with Gasteiger partial charge < -0.3 is 11.5 Å². The van der Waals surface area contributed by atoms with Gasteiger partial charge in [0.2, 0.25) is 0 Å². The molecule has 2 nitrogen and oxygen atoms in total. The number of hydrogen-bond acceptors (Lipinski definition) is 3. The summed E-state index contributed by atoms with van der Waals surface area (Å²) >= 11 is 7.47. The lowest BCUT2D eigenvalue weighted by molar-refractivity contribution is 1.64. The molecule has 0 radical (unpaired) electrons. The predicted octanol–water partition coefficient (Wildman–Crippen LogP) is 3.23. The molecule has 14 heavy (non-hydrogen) atoms. The van der Waals surface area contributed by atoms with Crippen molar-refractivity contribution in [3.63, 3.8) is 0 Å². The highest BCUT2D eigenvalue weighted by Crippen LogP contribution is 2.33. The van der Waals surface area contributed by atoms with E-state index in [1.165, 1.54) is 0 Å². The molecule has 0 bridgehead atoms. The van der Waals surface area contributed by atoms with Gasteiger partial charge in [-0.2, -0.15) is 11.3 Å². The summed E-state index contributed by atoms with van der Waals surface area (Å²) in [6, 6.07) is 5.49. The van der Waals surface area contributed by atoms with Crippen molar-refractivity contribution < 1.29 is 0 Å². The highest BCUT2D eigenvalue weighted by atomic mass is 35.5. The van der Waals surface area contributed by atoms with Crippen LogP contribution < -0.4 is 11.5 Å². The first-order valence-corrected chi connectivity index (χ1v) is 5.37. The number of nitrogens with two attached hydrogens (primary N) is 2. The molecule has 1 aromatic heterocycles. The fraction of sp³-hybridized carbons (Fsp3) is 0. The minimum atomic E-state index is 0.501. The number of thiophene rings is 1. The Labute approximate surface area is 91.1 Å². The average molecular weight is 225 g/mol. The minimum absolute atomic E-state index is 0.501. The molecule has 0 spiro atoms. The third kappa shape index (κ3) is 1.56. The molecule has 0 saturated carbocycles. The number of hydrogen-bond donors (Lipinski definition) is 2. The van der Waals surface area contributed by atoms with Crippen LogP contribution in [-0.2, 0) is 0 Å². The van der Waals surface area contributed by atoms with E-state index in [1.54, 1.807) is 23.5 Å². The van der Waals surface area contributed by atoms with Crippen molar-refractivity contribution in [1.29, 1.82) is 0 Å². The molecule has 0 aliphatic heterocycles. The van der Waals surface area contributed by atoms with Gasteiger partial charge in [0, 0.05) is 11.3 Å². The summed E-state index contributed by atoms with van der Waals surface area (Å²) in [4.78, 5) is 0. The topological polar surface area (TPSA) is 52.0 Å². The molecule has 2 aromatic rings. The van der Waals surface area contributed by atoms with Crippen LogP contribution in [0.5, 0.6) is 0 Å². The van der Waals surface area contributed by atoms with Gasteiger partial charge in [-0.25, -0.2) is 0 Å². The van der Waals surface area contributed by atoms with Gasteiger partial charge in [-0.15, -0.1) is 0 Å². The number of halogens is 1. The second-order valence-corrected chi connectivity index (χ2v) is 4.16. The van der Waals surface area contributed by atoms with Crippen molar-refractivity contribution in [3.8, 4) is 11.1 Å². The highest BCUT2D eigenvalue weighted by molar-refractivity contribution is 7.08. The average Bonchev–Trinajstić information content (AvgIpc) is 2.64. The van der Waals surface area contributed by atoms with Gasteiger partial charge in [-0.05, 0) is 34.5 Å². The molecule has 1 heterocycles. The standard InChI is InChI=1S/C10H9ClN2S/c11-8-4-9(12)7(3-10(8)13)6-1-2-14-5-6/h1-5H,12-13H2. The fourth-order valence-corrected chi connectivity index (χ4v) is 2.10. The second-order valence-electron chi connectivity index (χ2n) is 2.97. The summed E-state index contributed by atoms with van der Waals surface area (Å²) in [6.45, 7) is 0. The SMILES string of the molecule is Nc1cc(-c2ccsc2)c(N)cc1Cl. The molecule has 4 heteroatoms. The Kier molecular flexibility index (Phi) is 2.35. The predicted molar refractivity (Wildman–Crippen MR) is 63.6 cm³/mol. The third-order valence-electron chi connectivity index (χ3n) is 2.00. The van der Waals surface area contributed by atoms with Gasteiger partial charge in [0.1, 0.15) is 0 Å². The van der Waals surface area contributed by atoms with Gasteiger partial charge in [-0.3, -0.25) is 0 Å². The van der Waals surface area contributed by atoms with Crippen LogP contribution >= 0.6 is 22.9 Å². The van der Waals surface area contributed by atoms with Crippen molar-refractivity contribution in [2.75, 3.05) is 11.5 Å². The molecule has 0 fully saturated rings. The number of rotatable bonds is 1. The maximum Gasteiger partial charge on any atom is 0.0656 e. The van der Waals surface area contributed by atoms with E-state index in [9.17, 15) is 0 Å². The van der Waals surface area contributed by atoms with E-state index in [-0.39, 0.29) is 0 Å². The van der Waals surface area contributed by atoms with Crippen LogP contribution in [0.1, 0.15) is 0 Å². The van der Waals surface area contributed by atoms with Crippen LogP contribution in [0.4, 0.5) is 11.4 Å². The molecule has 1 aromatic carbocycles. The van der Waals surface area contributed by atoms with Gasteiger partial charge >= 0.3 is 0 Å². The van der Waals surface area contributed by atoms with Crippen LogP contribution in [0.3, 0.4) is 0 Å². The first kappa shape index (κ1) is 9.37. The molecule has 2 rings (SSSR count). The van der Waals surface area contributed by atoms with Crippen molar-refractivity contribution >= 4 is 34.3 Å². The van der Waals surface area contributed by atoms with E-state index in [0.717, 1.165) is 11.1 Å². The molecular weight excluding hydrogens is 216 g/mol. The first-order chi connectivity index (χ1) is 6.68. The van der Waals surface area contributed by atoms with Crippen LogP contribution in [-0.4, -0.2) is 0 Å². The van der Waals surface area contributed by atoms with Gasteiger partial charge in [0.05, 0.1) is 10.7 Å². The van der Waals surface area contributed by atoms with E-state index in [0.29, 0.717) is 16.4 Å². The van der Waals surface area contributed by atoms with E-state index in [1.807, 2.05) is 16.8 Å². The van der Waals surface area contributed by atoms with E-state index in [4.69, 9.17) is 23.1 Å². The molecule has 0 saturated heterocycles. The number of benzene rings is 1. The summed E-state index contributed by atoms with van der Waals surface area (Å²) in [5.41, 5.74) is 14.8. The second kappa shape index (κ2) is 3.52. The monoisotopic (exact) mass is 224 g/mol. The minimum Gasteiger partial charge on any atom is -0.398 e. The van der Waals surface area contributed by atoms with Gasteiger partial charge in [-0.1, -0.05) is 11.6 Å². The normalized spacial score (nSPS) is 10.4. The zero-order chi connectivity index (χ0) is 10.1. The van der Waals surface area contributed by atoms with Crippen LogP contribution in [0, 0.1) is 0 Å². The Bertz CT molecular complexity index is 451. The van der Waals surface area contributed by atoms with Gasteiger partial charge in [0.25, 0.3) is 0 Å². The Morgan fingerprint density at radius 3 is 2.57 bits per heavy atom. The van der Waals surface area contributed by atoms with Crippen LogP contribution in [0.2, 0.25) is 5.02 Å². The largest absolute Gasteiger partial charge is 0.398 e.